The maximum absolute atomic E-state index is 12.0. The largest absolute Gasteiger partial charge is 0.339 e. The molecule has 1 aliphatic carbocycles. The molecule has 0 radical (unpaired) electrons. The number of hydrogen-bond acceptors (Lipinski definition) is 5. The topological polar surface area (TPSA) is 103 Å². The number of rotatable bonds is 4. The predicted octanol–water partition coefficient (Wildman–Crippen LogP) is 3.55. The molecule has 0 bridgehead atoms. The molecule has 1 aromatic carbocycles. The molecular weight excluding hydrogens is 316 g/mol. The average Bonchev–Trinajstić information content (AvgIpc) is 2.64. The maximum Gasteiger partial charge on any atom is 0.320 e. The molecule has 25 heavy (non-hydrogen) atoms. The number of amides is 2. The molecule has 1 aliphatic rings. The van der Waals surface area contributed by atoms with E-state index in [1.165, 1.54) is 6.42 Å². The van der Waals surface area contributed by atoms with Gasteiger partial charge in [-0.2, -0.15) is 5.26 Å². The standard InChI is InChI=1S/C18H20N6O/c19-12-13-5-4-8-15(11-13)20-16-9-10-17(24-23-16)22-18(25)21-14-6-2-1-3-7-14/h4-5,8-11,14H,1-3,6-7H2,(H,20,23)(H2,21,22,24,25). The van der Waals surface area contributed by atoms with Gasteiger partial charge in [-0.05, 0) is 43.2 Å². The third-order valence-corrected chi connectivity index (χ3v) is 4.11. The Kier molecular flexibility index (Phi) is 5.42. The van der Waals surface area contributed by atoms with Gasteiger partial charge in [-0.1, -0.05) is 25.3 Å². The van der Waals surface area contributed by atoms with Crippen LogP contribution in [0.25, 0.3) is 0 Å². The zero-order valence-electron chi connectivity index (χ0n) is 13.8. The Balaban J connectivity index is 1.54. The van der Waals surface area contributed by atoms with E-state index in [9.17, 15) is 4.79 Å². The summed E-state index contributed by atoms with van der Waals surface area (Å²) in [6, 6.07) is 12.6. The molecule has 1 aromatic heterocycles. The van der Waals surface area contributed by atoms with Crippen LogP contribution in [0.2, 0.25) is 0 Å². The number of benzene rings is 1. The molecule has 0 saturated heterocycles. The van der Waals surface area contributed by atoms with Gasteiger partial charge >= 0.3 is 6.03 Å². The molecule has 7 heteroatoms. The highest BCUT2D eigenvalue weighted by molar-refractivity contribution is 5.88. The van der Waals surface area contributed by atoms with Crippen molar-refractivity contribution >= 4 is 23.4 Å². The van der Waals surface area contributed by atoms with E-state index >= 15 is 0 Å². The average molecular weight is 336 g/mol. The van der Waals surface area contributed by atoms with E-state index in [2.05, 4.69) is 32.2 Å². The van der Waals surface area contributed by atoms with Crippen LogP contribution in [-0.4, -0.2) is 22.3 Å². The molecule has 3 N–H and O–H groups in total. The summed E-state index contributed by atoms with van der Waals surface area (Å²) in [5.41, 5.74) is 1.32. The smallest absolute Gasteiger partial charge is 0.320 e. The number of urea groups is 1. The fourth-order valence-corrected chi connectivity index (χ4v) is 2.86. The Morgan fingerprint density at radius 1 is 1.08 bits per heavy atom. The molecule has 0 unspecified atom stereocenters. The molecule has 128 valence electrons. The summed E-state index contributed by atoms with van der Waals surface area (Å²) in [5.74, 6) is 0.929. The van der Waals surface area contributed by atoms with Crippen molar-refractivity contribution < 1.29 is 4.79 Å². The molecule has 0 atom stereocenters. The Bertz CT molecular complexity index is 762. The lowest BCUT2D eigenvalue weighted by Crippen LogP contribution is -2.39. The second kappa shape index (κ2) is 8.11. The van der Waals surface area contributed by atoms with E-state index in [1.54, 1.807) is 30.3 Å². The number of aromatic nitrogens is 2. The highest BCUT2D eigenvalue weighted by Gasteiger charge is 2.15. The van der Waals surface area contributed by atoms with Gasteiger partial charge in [0.1, 0.15) is 0 Å². The van der Waals surface area contributed by atoms with Crippen molar-refractivity contribution in [2.24, 2.45) is 0 Å². The Morgan fingerprint density at radius 2 is 1.84 bits per heavy atom. The van der Waals surface area contributed by atoms with E-state index in [1.807, 2.05) is 6.07 Å². The number of nitrogens with one attached hydrogen (secondary N) is 3. The van der Waals surface area contributed by atoms with Crippen molar-refractivity contribution in [1.82, 2.24) is 15.5 Å². The minimum absolute atomic E-state index is 0.245. The summed E-state index contributed by atoms with van der Waals surface area (Å²) in [7, 11) is 0. The molecule has 1 saturated carbocycles. The predicted molar refractivity (Wildman–Crippen MR) is 95.5 cm³/mol. The van der Waals surface area contributed by atoms with E-state index in [4.69, 9.17) is 5.26 Å². The van der Waals surface area contributed by atoms with Crippen LogP contribution < -0.4 is 16.0 Å². The summed E-state index contributed by atoms with van der Waals surface area (Å²) < 4.78 is 0. The van der Waals surface area contributed by atoms with Crippen molar-refractivity contribution in [2.45, 2.75) is 38.1 Å². The molecule has 1 heterocycles. The van der Waals surface area contributed by atoms with Crippen LogP contribution in [0.15, 0.2) is 36.4 Å². The molecule has 3 rings (SSSR count). The van der Waals surface area contributed by atoms with Gasteiger partial charge in [0.2, 0.25) is 0 Å². The monoisotopic (exact) mass is 336 g/mol. The van der Waals surface area contributed by atoms with Crippen molar-refractivity contribution in [2.75, 3.05) is 10.6 Å². The number of carbonyl (C=O) groups excluding carboxylic acids is 1. The fraction of sp³-hybridized carbons (Fsp3) is 0.333. The summed E-state index contributed by atoms with van der Waals surface area (Å²) in [4.78, 5) is 12.0. The number of nitriles is 1. The first-order valence-corrected chi connectivity index (χ1v) is 8.41. The number of anilines is 3. The lowest BCUT2D eigenvalue weighted by molar-refractivity contribution is 0.244. The highest BCUT2D eigenvalue weighted by atomic mass is 16.2. The summed E-state index contributed by atoms with van der Waals surface area (Å²) in [5, 5.41) is 25.7. The molecule has 2 aromatic rings. The molecule has 0 spiro atoms. The Labute approximate surface area is 146 Å². The van der Waals surface area contributed by atoms with Gasteiger partial charge in [-0.25, -0.2) is 4.79 Å². The van der Waals surface area contributed by atoms with Gasteiger partial charge in [0.15, 0.2) is 11.6 Å². The van der Waals surface area contributed by atoms with Gasteiger partial charge in [-0.15, -0.1) is 10.2 Å². The summed E-state index contributed by atoms with van der Waals surface area (Å²) in [6.07, 6.45) is 5.64. The first-order valence-electron chi connectivity index (χ1n) is 8.41. The SMILES string of the molecule is N#Cc1cccc(Nc2ccc(NC(=O)NC3CCCCC3)nn2)c1. The first-order chi connectivity index (χ1) is 12.2. The normalized spacial score (nSPS) is 14.4. The van der Waals surface area contributed by atoms with Crippen molar-refractivity contribution in [1.29, 1.82) is 5.26 Å². The molecule has 1 fully saturated rings. The van der Waals surface area contributed by atoms with E-state index in [0.29, 0.717) is 17.2 Å². The van der Waals surface area contributed by atoms with Crippen molar-refractivity contribution in [3.05, 3.63) is 42.0 Å². The molecule has 2 amide bonds. The molecule has 7 nitrogen and oxygen atoms in total. The van der Waals surface area contributed by atoms with Gasteiger partial charge in [0, 0.05) is 11.7 Å². The Morgan fingerprint density at radius 3 is 2.56 bits per heavy atom. The molecule has 0 aliphatic heterocycles. The first kappa shape index (κ1) is 16.7. The van der Waals surface area contributed by atoms with Crippen LogP contribution >= 0.6 is 0 Å². The second-order valence-electron chi connectivity index (χ2n) is 6.05. The quantitative estimate of drug-likeness (QED) is 0.792. The van der Waals surface area contributed by atoms with Crippen LogP contribution in [0.5, 0.6) is 0 Å². The minimum Gasteiger partial charge on any atom is -0.339 e. The van der Waals surface area contributed by atoms with E-state index in [-0.39, 0.29) is 12.1 Å². The van der Waals surface area contributed by atoms with Gasteiger partial charge in [0.05, 0.1) is 11.6 Å². The second-order valence-corrected chi connectivity index (χ2v) is 6.05. The van der Waals surface area contributed by atoms with Crippen LogP contribution in [0.1, 0.15) is 37.7 Å². The zero-order chi connectivity index (χ0) is 17.5. The van der Waals surface area contributed by atoms with Gasteiger partial charge < -0.3 is 10.6 Å². The third-order valence-electron chi connectivity index (χ3n) is 4.11. The van der Waals surface area contributed by atoms with Crippen LogP contribution in [0.3, 0.4) is 0 Å². The fourth-order valence-electron chi connectivity index (χ4n) is 2.86. The number of carbonyl (C=O) groups is 1. The summed E-state index contributed by atoms with van der Waals surface area (Å²) in [6.45, 7) is 0. The van der Waals surface area contributed by atoms with Crippen LogP contribution in [-0.2, 0) is 0 Å². The van der Waals surface area contributed by atoms with Crippen molar-refractivity contribution in [3.8, 4) is 6.07 Å². The van der Waals surface area contributed by atoms with Crippen LogP contribution in [0.4, 0.5) is 22.1 Å². The lowest BCUT2D eigenvalue weighted by Gasteiger charge is -2.22. The zero-order valence-corrected chi connectivity index (χ0v) is 13.8. The number of hydrogen-bond donors (Lipinski definition) is 3. The number of nitrogens with zero attached hydrogens (tertiary/aromatic N) is 3. The third kappa shape index (κ3) is 4.91. The maximum atomic E-state index is 12.0. The van der Waals surface area contributed by atoms with Gasteiger partial charge in [0.25, 0.3) is 0 Å². The van der Waals surface area contributed by atoms with Gasteiger partial charge in [-0.3, -0.25) is 5.32 Å². The highest BCUT2D eigenvalue weighted by Crippen LogP contribution is 2.18. The van der Waals surface area contributed by atoms with Crippen LogP contribution in [0, 0.1) is 11.3 Å². The minimum atomic E-state index is -0.247. The lowest BCUT2D eigenvalue weighted by atomic mass is 9.96. The van der Waals surface area contributed by atoms with Crippen molar-refractivity contribution in [3.63, 3.8) is 0 Å². The Hall–Kier alpha value is -3.14. The van der Waals surface area contributed by atoms with E-state index < -0.39 is 0 Å². The van der Waals surface area contributed by atoms with E-state index in [0.717, 1.165) is 31.4 Å². The molecular formula is C18H20N6O. The summed E-state index contributed by atoms with van der Waals surface area (Å²) >= 11 is 0.